The lowest BCUT2D eigenvalue weighted by Gasteiger charge is -2.24. The van der Waals surface area contributed by atoms with Crippen LogP contribution in [0.5, 0.6) is 0 Å². The van der Waals surface area contributed by atoms with E-state index in [4.69, 9.17) is 19.2 Å². The molecule has 2 N–H and O–H groups in total. The number of guanidine groups is 1. The van der Waals surface area contributed by atoms with Gasteiger partial charge >= 0.3 is 0 Å². The van der Waals surface area contributed by atoms with Crippen LogP contribution in [0.15, 0.2) is 29.3 Å². The maximum absolute atomic E-state index is 6.07. The van der Waals surface area contributed by atoms with Crippen molar-refractivity contribution in [3.63, 3.8) is 0 Å². The Bertz CT molecular complexity index is 670. The third-order valence-electron chi connectivity index (χ3n) is 6.44. The Morgan fingerprint density at radius 2 is 1.88 bits per heavy atom. The molecule has 1 atom stereocenters. The van der Waals surface area contributed by atoms with E-state index in [1.165, 1.54) is 36.8 Å². The zero-order valence-electron chi connectivity index (χ0n) is 20.1. The lowest BCUT2D eigenvalue weighted by molar-refractivity contribution is -0.0390. The molecule has 1 aliphatic heterocycles. The molecular formula is C26H43N3O3. The maximum Gasteiger partial charge on any atom is 0.191 e. The van der Waals surface area contributed by atoms with Crippen LogP contribution in [0.3, 0.4) is 0 Å². The van der Waals surface area contributed by atoms with Crippen LogP contribution < -0.4 is 10.6 Å². The molecule has 2 fully saturated rings. The molecule has 32 heavy (non-hydrogen) atoms. The number of hydrogen-bond donors (Lipinski definition) is 2. The molecule has 0 radical (unpaired) electrons. The Kier molecular flexibility index (Phi) is 11.3. The third-order valence-corrected chi connectivity index (χ3v) is 6.44. The number of nitrogens with zero attached hydrogens (tertiary/aromatic N) is 1. The average Bonchev–Trinajstić information content (AvgIpc) is 3.36. The molecule has 2 aliphatic rings. The topological polar surface area (TPSA) is 64.1 Å². The standard InChI is InChI=1S/C26H43N3O3/c1-3-27-26(28-15-12-25(31-4-2)23-10-5-6-11-23)29-19-21-8-7-9-22(18-21)20-32-24-13-16-30-17-14-24/h7-9,18,23-25H,3-6,10-17,19-20H2,1-2H3,(H2,27,28,29). The van der Waals surface area contributed by atoms with Crippen molar-refractivity contribution in [2.24, 2.45) is 10.9 Å². The SMILES string of the molecule is CCNC(=NCc1cccc(COC2CCOCC2)c1)NCCC(OCC)C1CCCC1. The predicted molar refractivity (Wildman–Crippen MR) is 130 cm³/mol. The Morgan fingerprint density at radius 1 is 1.09 bits per heavy atom. The van der Waals surface area contributed by atoms with Gasteiger partial charge in [0, 0.05) is 32.9 Å². The fourth-order valence-electron chi connectivity index (χ4n) is 4.72. The molecule has 1 aromatic carbocycles. The van der Waals surface area contributed by atoms with Gasteiger partial charge in [-0.2, -0.15) is 0 Å². The molecule has 1 aliphatic carbocycles. The van der Waals surface area contributed by atoms with Crippen LogP contribution >= 0.6 is 0 Å². The van der Waals surface area contributed by atoms with E-state index in [1.807, 2.05) is 0 Å². The predicted octanol–water partition coefficient (Wildman–Crippen LogP) is 4.42. The minimum absolute atomic E-state index is 0.319. The summed E-state index contributed by atoms with van der Waals surface area (Å²) in [5, 5.41) is 6.88. The van der Waals surface area contributed by atoms with Crippen molar-refractivity contribution in [2.75, 3.05) is 32.9 Å². The lowest BCUT2D eigenvalue weighted by Crippen LogP contribution is -2.39. The molecule has 0 spiro atoms. The van der Waals surface area contributed by atoms with E-state index >= 15 is 0 Å². The fraction of sp³-hybridized carbons (Fsp3) is 0.731. The molecule has 0 bridgehead atoms. The van der Waals surface area contributed by atoms with E-state index in [1.54, 1.807) is 0 Å². The van der Waals surface area contributed by atoms with Gasteiger partial charge in [0.2, 0.25) is 0 Å². The summed E-state index contributed by atoms with van der Waals surface area (Å²) in [5.41, 5.74) is 2.41. The van der Waals surface area contributed by atoms with E-state index in [9.17, 15) is 0 Å². The molecule has 180 valence electrons. The summed E-state index contributed by atoms with van der Waals surface area (Å²) >= 11 is 0. The van der Waals surface area contributed by atoms with Crippen LogP contribution in [-0.4, -0.2) is 51.1 Å². The largest absolute Gasteiger partial charge is 0.381 e. The molecule has 1 unspecified atom stereocenters. The second kappa shape index (κ2) is 14.5. The third kappa shape index (κ3) is 8.72. The fourth-order valence-corrected chi connectivity index (χ4v) is 4.72. The van der Waals surface area contributed by atoms with Crippen molar-refractivity contribution < 1.29 is 14.2 Å². The summed E-state index contributed by atoms with van der Waals surface area (Å²) in [6.45, 7) is 9.66. The molecule has 6 nitrogen and oxygen atoms in total. The van der Waals surface area contributed by atoms with Gasteiger partial charge in [-0.15, -0.1) is 0 Å². The normalized spacial score (nSPS) is 19.2. The van der Waals surface area contributed by atoms with Crippen LogP contribution in [0.4, 0.5) is 0 Å². The molecule has 1 saturated heterocycles. The van der Waals surface area contributed by atoms with Gasteiger partial charge < -0.3 is 24.8 Å². The molecule has 1 heterocycles. The zero-order valence-corrected chi connectivity index (χ0v) is 20.1. The van der Waals surface area contributed by atoms with Crippen LogP contribution in [-0.2, 0) is 27.4 Å². The number of nitrogens with one attached hydrogen (secondary N) is 2. The summed E-state index contributed by atoms with van der Waals surface area (Å²) < 4.78 is 17.5. The van der Waals surface area contributed by atoms with Gasteiger partial charge in [-0.1, -0.05) is 37.1 Å². The van der Waals surface area contributed by atoms with Crippen LogP contribution in [0.1, 0.15) is 69.9 Å². The summed E-state index contributed by atoms with van der Waals surface area (Å²) in [5.74, 6) is 1.60. The monoisotopic (exact) mass is 445 g/mol. The summed E-state index contributed by atoms with van der Waals surface area (Å²) in [4.78, 5) is 4.81. The van der Waals surface area contributed by atoms with Gasteiger partial charge in [0.1, 0.15) is 0 Å². The number of rotatable bonds is 12. The van der Waals surface area contributed by atoms with Crippen molar-refractivity contribution in [3.05, 3.63) is 35.4 Å². The number of aliphatic imine (C=N–C) groups is 1. The first-order valence-electron chi connectivity index (χ1n) is 12.7. The Labute approximate surface area is 194 Å². The van der Waals surface area contributed by atoms with Crippen molar-refractivity contribution in [2.45, 2.75) is 84.2 Å². The molecular weight excluding hydrogens is 402 g/mol. The first-order valence-corrected chi connectivity index (χ1v) is 12.7. The van der Waals surface area contributed by atoms with Gasteiger partial charge in [0.15, 0.2) is 5.96 Å². The van der Waals surface area contributed by atoms with E-state index in [0.29, 0.717) is 25.4 Å². The highest BCUT2D eigenvalue weighted by molar-refractivity contribution is 5.79. The van der Waals surface area contributed by atoms with Gasteiger partial charge in [0.25, 0.3) is 0 Å². The second-order valence-electron chi connectivity index (χ2n) is 8.89. The minimum Gasteiger partial charge on any atom is -0.381 e. The number of hydrogen-bond acceptors (Lipinski definition) is 4. The van der Waals surface area contributed by atoms with E-state index in [-0.39, 0.29) is 0 Å². The number of benzene rings is 1. The summed E-state index contributed by atoms with van der Waals surface area (Å²) in [6.07, 6.45) is 9.03. The Hall–Kier alpha value is -1.63. The first-order chi connectivity index (χ1) is 15.8. The zero-order chi connectivity index (χ0) is 22.4. The minimum atomic E-state index is 0.319. The van der Waals surface area contributed by atoms with Gasteiger partial charge in [-0.05, 0) is 63.0 Å². The Morgan fingerprint density at radius 3 is 2.62 bits per heavy atom. The van der Waals surface area contributed by atoms with Gasteiger partial charge in [-0.3, -0.25) is 0 Å². The van der Waals surface area contributed by atoms with E-state index < -0.39 is 0 Å². The van der Waals surface area contributed by atoms with Crippen LogP contribution in [0.25, 0.3) is 0 Å². The molecule has 0 aromatic heterocycles. The number of ether oxygens (including phenoxy) is 3. The maximum atomic E-state index is 6.07. The van der Waals surface area contributed by atoms with Crippen molar-refractivity contribution in [3.8, 4) is 0 Å². The molecule has 3 rings (SSSR count). The summed E-state index contributed by atoms with van der Waals surface area (Å²) in [7, 11) is 0. The highest BCUT2D eigenvalue weighted by Crippen LogP contribution is 2.30. The van der Waals surface area contributed by atoms with Crippen molar-refractivity contribution >= 4 is 5.96 Å². The molecule has 1 saturated carbocycles. The first kappa shape index (κ1) is 25.0. The second-order valence-corrected chi connectivity index (χ2v) is 8.89. The lowest BCUT2D eigenvalue weighted by atomic mass is 9.98. The average molecular weight is 446 g/mol. The summed E-state index contributed by atoms with van der Waals surface area (Å²) in [6, 6.07) is 8.57. The highest BCUT2D eigenvalue weighted by Gasteiger charge is 2.25. The molecule has 1 aromatic rings. The molecule has 0 amide bonds. The van der Waals surface area contributed by atoms with E-state index in [0.717, 1.165) is 64.1 Å². The van der Waals surface area contributed by atoms with Crippen molar-refractivity contribution in [1.82, 2.24) is 10.6 Å². The van der Waals surface area contributed by atoms with Crippen LogP contribution in [0.2, 0.25) is 0 Å². The molecule has 6 heteroatoms. The highest BCUT2D eigenvalue weighted by atomic mass is 16.5. The smallest absolute Gasteiger partial charge is 0.191 e. The van der Waals surface area contributed by atoms with Gasteiger partial charge in [0.05, 0.1) is 25.4 Å². The van der Waals surface area contributed by atoms with E-state index in [2.05, 4.69) is 48.7 Å². The van der Waals surface area contributed by atoms with Crippen LogP contribution in [0, 0.1) is 5.92 Å². The van der Waals surface area contributed by atoms with Crippen molar-refractivity contribution in [1.29, 1.82) is 0 Å². The Balaban J connectivity index is 1.47. The van der Waals surface area contributed by atoms with Gasteiger partial charge in [-0.25, -0.2) is 4.99 Å². The quantitative estimate of drug-likeness (QED) is 0.368.